The second-order valence-corrected chi connectivity index (χ2v) is 5.84. The highest BCUT2D eigenvalue weighted by molar-refractivity contribution is 5.31. The van der Waals surface area contributed by atoms with E-state index < -0.39 is 6.23 Å². The van der Waals surface area contributed by atoms with Crippen LogP contribution in [0.15, 0.2) is 54.6 Å². The van der Waals surface area contributed by atoms with Crippen molar-refractivity contribution < 1.29 is 9.84 Å². The summed E-state index contributed by atoms with van der Waals surface area (Å²) in [6.45, 7) is 0. The smallest absolute Gasteiger partial charge is 0.118 e. The fraction of sp³-hybridized carbons (Fsp3) is 0.368. The molecule has 3 heteroatoms. The van der Waals surface area contributed by atoms with Gasteiger partial charge in [0.25, 0.3) is 0 Å². The van der Waals surface area contributed by atoms with Gasteiger partial charge in [-0.1, -0.05) is 42.5 Å². The molecule has 0 fully saturated rings. The molecule has 0 radical (unpaired) electrons. The lowest BCUT2D eigenvalue weighted by molar-refractivity contribution is 0.0273. The number of hydrogen-bond acceptors (Lipinski definition) is 3. The van der Waals surface area contributed by atoms with Gasteiger partial charge in [-0.25, -0.2) is 0 Å². The molecule has 2 atom stereocenters. The summed E-state index contributed by atoms with van der Waals surface area (Å²) >= 11 is 0. The van der Waals surface area contributed by atoms with Crippen molar-refractivity contribution in [3.63, 3.8) is 0 Å². The molecule has 0 saturated heterocycles. The van der Waals surface area contributed by atoms with Crippen LogP contribution in [0.25, 0.3) is 0 Å². The molecule has 0 aromatic heterocycles. The lowest BCUT2D eigenvalue weighted by Gasteiger charge is -2.25. The Labute approximate surface area is 133 Å². The number of hydrogen-bond donors (Lipinski definition) is 1. The number of ether oxygens (including phenoxy) is 1. The average Bonchev–Trinajstić information content (AvgIpc) is 2.55. The summed E-state index contributed by atoms with van der Waals surface area (Å²) in [7, 11) is 5.47. The standard InChI is InChI=1S/C19H25NO2/c1-20(2)19(21)14-17(13-15-7-5-4-6-8-15)16-9-11-18(22-3)12-10-16/h4-12,17,19,21H,13-14H2,1-3H3. The SMILES string of the molecule is COc1ccc(C(Cc2ccccc2)CC(O)N(C)C)cc1. The third-order valence-corrected chi connectivity index (χ3v) is 4.00. The Morgan fingerprint density at radius 2 is 1.64 bits per heavy atom. The lowest BCUT2D eigenvalue weighted by Crippen LogP contribution is -2.29. The molecule has 0 aliphatic carbocycles. The van der Waals surface area contributed by atoms with Crippen molar-refractivity contribution in [2.45, 2.75) is 25.0 Å². The van der Waals surface area contributed by atoms with Gasteiger partial charge in [0.15, 0.2) is 0 Å². The molecule has 2 unspecified atom stereocenters. The molecule has 2 aromatic carbocycles. The summed E-state index contributed by atoms with van der Waals surface area (Å²) in [4.78, 5) is 1.85. The predicted molar refractivity (Wildman–Crippen MR) is 90.2 cm³/mol. The molecule has 0 heterocycles. The zero-order valence-corrected chi connectivity index (χ0v) is 13.6. The van der Waals surface area contributed by atoms with Crippen LogP contribution in [0.3, 0.4) is 0 Å². The van der Waals surface area contributed by atoms with Crippen LogP contribution in [0.5, 0.6) is 5.75 Å². The van der Waals surface area contributed by atoms with Gasteiger partial charge < -0.3 is 9.84 Å². The zero-order chi connectivity index (χ0) is 15.9. The van der Waals surface area contributed by atoms with Gasteiger partial charge in [0.1, 0.15) is 12.0 Å². The molecule has 118 valence electrons. The van der Waals surface area contributed by atoms with Crippen molar-refractivity contribution in [1.82, 2.24) is 4.90 Å². The van der Waals surface area contributed by atoms with E-state index in [2.05, 4.69) is 36.4 Å². The van der Waals surface area contributed by atoms with Gasteiger partial charge in [-0.15, -0.1) is 0 Å². The fourth-order valence-corrected chi connectivity index (χ4v) is 2.58. The quantitative estimate of drug-likeness (QED) is 0.796. The van der Waals surface area contributed by atoms with Crippen molar-refractivity contribution in [3.8, 4) is 5.75 Å². The number of rotatable bonds is 7. The molecule has 2 rings (SSSR count). The maximum atomic E-state index is 10.2. The minimum absolute atomic E-state index is 0.269. The summed E-state index contributed by atoms with van der Waals surface area (Å²) in [5, 5.41) is 10.2. The van der Waals surface area contributed by atoms with Crippen LogP contribution in [-0.2, 0) is 6.42 Å². The largest absolute Gasteiger partial charge is 0.497 e. The summed E-state index contributed by atoms with van der Waals surface area (Å²) < 4.78 is 5.23. The molecule has 1 N–H and O–H groups in total. The highest BCUT2D eigenvalue weighted by Crippen LogP contribution is 2.28. The van der Waals surface area contributed by atoms with Crippen molar-refractivity contribution >= 4 is 0 Å². The zero-order valence-electron chi connectivity index (χ0n) is 13.6. The van der Waals surface area contributed by atoms with Gasteiger partial charge in [0.05, 0.1) is 7.11 Å². The van der Waals surface area contributed by atoms with Crippen LogP contribution in [0.2, 0.25) is 0 Å². The van der Waals surface area contributed by atoms with Crippen LogP contribution in [0, 0.1) is 0 Å². The van der Waals surface area contributed by atoms with Crippen LogP contribution >= 0.6 is 0 Å². The van der Waals surface area contributed by atoms with E-state index >= 15 is 0 Å². The predicted octanol–water partition coefficient (Wildman–Crippen LogP) is 3.29. The summed E-state index contributed by atoms with van der Waals surface area (Å²) in [5.41, 5.74) is 2.51. The lowest BCUT2D eigenvalue weighted by atomic mass is 9.88. The topological polar surface area (TPSA) is 32.7 Å². The van der Waals surface area contributed by atoms with E-state index in [9.17, 15) is 5.11 Å². The Balaban J connectivity index is 2.19. The number of aliphatic hydroxyl groups excluding tert-OH is 1. The molecule has 0 spiro atoms. The maximum Gasteiger partial charge on any atom is 0.118 e. The van der Waals surface area contributed by atoms with Gasteiger partial charge in [-0.05, 0) is 56.1 Å². The number of benzene rings is 2. The Kier molecular flexibility index (Phi) is 5.99. The van der Waals surface area contributed by atoms with Crippen LogP contribution in [-0.4, -0.2) is 37.4 Å². The average molecular weight is 299 g/mol. The molecular weight excluding hydrogens is 274 g/mol. The summed E-state index contributed by atoms with van der Waals surface area (Å²) in [6.07, 6.45) is 1.17. The normalized spacial score (nSPS) is 13.9. The van der Waals surface area contributed by atoms with Crippen LogP contribution < -0.4 is 4.74 Å². The third-order valence-electron chi connectivity index (χ3n) is 4.00. The van der Waals surface area contributed by atoms with Crippen LogP contribution in [0.1, 0.15) is 23.5 Å². The third kappa shape index (κ3) is 4.58. The first-order valence-corrected chi connectivity index (χ1v) is 7.62. The molecule has 0 amide bonds. The Morgan fingerprint density at radius 1 is 1.00 bits per heavy atom. The van der Waals surface area contributed by atoms with Gasteiger partial charge in [0.2, 0.25) is 0 Å². The van der Waals surface area contributed by atoms with Gasteiger partial charge in [-0.3, -0.25) is 4.90 Å². The van der Waals surface area contributed by atoms with E-state index in [1.807, 2.05) is 37.2 Å². The van der Waals surface area contributed by atoms with Crippen molar-refractivity contribution in [2.75, 3.05) is 21.2 Å². The second-order valence-electron chi connectivity index (χ2n) is 5.84. The summed E-state index contributed by atoms with van der Waals surface area (Å²) in [5.74, 6) is 1.13. The van der Waals surface area contributed by atoms with Gasteiger partial charge >= 0.3 is 0 Å². The van der Waals surface area contributed by atoms with Gasteiger partial charge in [-0.2, -0.15) is 0 Å². The van der Waals surface area contributed by atoms with E-state index in [-0.39, 0.29) is 5.92 Å². The highest BCUT2D eigenvalue weighted by atomic mass is 16.5. The first kappa shape index (κ1) is 16.5. The second kappa shape index (κ2) is 7.97. The van der Waals surface area contributed by atoms with E-state index in [1.54, 1.807) is 7.11 Å². The van der Waals surface area contributed by atoms with E-state index in [0.29, 0.717) is 6.42 Å². The molecular formula is C19H25NO2. The highest BCUT2D eigenvalue weighted by Gasteiger charge is 2.18. The Hall–Kier alpha value is -1.84. The first-order valence-electron chi connectivity index (χ1n) is 7.62. The molecule has 0 bridgehead atoms. The van der Waals surface area contributed by atoms with Crippen molar-refractivity contribution in [1.29, 1.82) is 0 Å². The summed E-state index contributed by atoms with van der Waals surface area (Å²) in [6, 6.07) is 18.6. The van der Waals surface area contributed by atoms with Crippen LogP contribution in [0.4, 0.5) is 0 Å². The first-order chi connectivity index (χ1) is 10.6. The van der Waals surface area contributed by atoms with E-state index in [1.165, 1.54) is 11.1 Å². The molecule has 2 aromatic rings. The molecule has 22 heavy (non-hydrogen) atoms. The van der Waals surface area contributed by atoms with E-state index in [4.69, 9.17) is 4.74 Å². The number of nitrogens with zero attached hydrogens (tertiary/aromatic N) is 1. The molecule has 0 saturated carbocycles. The Morgan fingerprint density at radius 3 is 2.18 bits per heavy atom. The minimum atomic E-state index is -0.448. The molecule has 3 nitrogen and oxygen atoms in total. The number of methoxy groups -OCH3 is 1. The van der Waals surface area contributed by atoms with Crippen molar-refractivity contribution in [2.24, 2.45) is 0 Å². The maximum absolute atomic E-state index is 10.2. The molecule has 0 aliphatic rings. The minimum Gasteiger partial charge on any atom is -0.497 e. The number of aliphatic hydroxyl groups is 1. The van der Waals surface area contributed by atoms with Crippen molar-refractivity contribution in [3.05, 3.63) is 65.7 Å². The van der Waals surface area contributed by atoms with E-state index in [0.717, 1.165) is 12.2 Å². The molecule has 0 aliphatic heterocycles. The monoisotopic (exact) mass is 299 g/mol. The van der Waals surface area contributed by atoms with Gasteiger partial charge in [0, 0.05) is 0 Å². The fourth-order valence-electron chi connectivity index (χ4n) is 2.58. The Bertz CT molecular complexity index is 551.